The molecule has 1 aromatic heterocycles. The van der Waals surface area contributed by atoms with Crippen LogP contribution in [0.4, 0.5) is 4.39 Å². The SMILES string of the molecule is Cc1ncc(C(=O)NCc2cccc(F)c2Cl)c(=O)[nH]1. The quantitative estimate of drug-likeness (QED) is 0.906. The van der Waals surface area contributed by atoms with Gasteiger partial charge in [-0.3, -0.25) is 9.59 Å². The van der Waals surface area contributed by atoms with Gasteiger partial charge in [0.05, 0.1) is 5.02 Å². The lowest BCUT2D eigenvalue weighted by Crippen LogP contribution is -2.30. The Morgan fingerprint density at radius 2 is 2.25 bits per heavy atom. The molecule has 0 saturated heterocycles. The van der Waals surface area contributed by atoms with Crippen molar-refractivity contribution in [3.63, 3.8) is 0 Å². The highest BCUT2D eigenvalue weighted by Crippen LogP contribution is 2.19. The number of hydrogen-bond donors (Lipinski definition) is 2. The molecule has 1 aromatic carbocycles. The van der Waals surface area contributed by atoms with E-state index in [1.807, 2.05) is 0 Å². The Labute approximate surface area is 118 Å². The second kappa shape index (κ2) is 5.83. The summed E-state index contributed by atoms with van der Waals surface area (Å²) in [6.45, 7) is 1.62. The maximum absolute atomic E-state index is 13.2. The maximum atomic E-state index is 13.2. The number of aromatic amines is 1. The fourth-order valence-electron chi connectivity index (χ4n) is 1.60. The third kappa shape index (κ3) is 3.03. The van der Waals surface area contributed by atoms with E-state index in [0.29, 0.717) is 11.4 Å². The molecular weight excluding hydrogens is 285 g/mol. The van der Waals surface area contributed by atoms with Crippen LogP contribution in [0.15, 0.2) is 29.2 Å². The highest BCUT2D eigenvalue weighted by Gasteiger charge is 2.12. The monoisotopic (exact) mass is 295 g/mol. The average molecular weight is 296 g/mol. The summed E-state index contributed by atoms with van der Waals surface area (Å²) < 4.78 is 13.2. The van der Waals surface area contributed by atoms with Crippen LogP contribution in [0.25, 0.3) is 0 Å². The van der Waals surface area contributed by atoms with Crippen LogP contribution in [0.1, 0.15) is 21.7 Å². The largest absolute Gasteiger partial charge is 0.348 e. The van der Waals surface area contributed by atoms with Crippen molar-refractivity contribution >= 4 is 17.5 Å². The molecule has 1 heterocycles. The smallest absolute Gasteiger partial charge is 0.263 e. The first-order valence-corrected chi connectivity index (χ1v) is 6.14. The number of H-pyrrole nitrogens is 1. The van der Waals surface area contributed by atoms with Crippen molar-refractivity contribution in [1.82, 2.24) is 15.3 Å². The summed E-state index contributed by atoms with van der Waals surface area (Å²) in [4.78, 5) is 29.7. The molecule has 0 bridgehead atoms. The van der Waals surface area contributed by atoms with E-state index in [-0.39, 0.29) is 17.1 Å². The number of nitrogens with one attached hydrogen (secondary N) is 2. The minimum absolute atomic E-state index is 0.0166. The van der Waals surface area contributed by atoms with Crippen molar-refractivity contribution in [3.05, 3.63) is 62.5 Å². The number of rotatable bonds is 3. The molecule has 0 aliphatic rings. The minimum Gasteiger partial charge on any atom is -0.348 e. The molecule has 2 aromatic rings. The van der Waals surface area contributed by atoms with Crippen molar-refractivity contribution < 1.29 is 9.18 Å². The average Bonchev–Trinajstić information content (AvgIpc) is 2.40. The van der Waals surface area contributed by atoms with Gasteiger partial charge in [0, 0.05) is 12.7 Å². The van der Waals surface area contributed by atoms with Crippen LogP contribution in [0, 0.1) is 12.7 Å². The van der Waals surface area contributed by atoms with Crippen LogP contribution < -0.4 is 10.9 Å². The van der Waals surface area contributed by atoms with Crippen molar-refractivity contribution in [2.45, 2.75) is 13.5 Å². The Balaban J connectivity index is 2.13. The zero-order valence-electron chi connectivity index (χ0n) is 10.5. The fraction of sp³-hybridized carbons (Fsp3) is 0.154. The summed E-state index contributed by atoms with van der Waals surface area (Å²) in [5, 5.41) is 2.44. The van der Waals surface area contributed by atoms with Crippen molar-refractivity contribution in [2.24, 2.45) is 0 Å². The third-order valence-corrected chi connectivity index (χ3v) is 3.07. The van der Waals surface area contributed by atoms with Gasteiger partial charge in [-0.25, -0.2) is 9.37 Å². The summed E-state index contributed by atoms with van der Waals surface area (Å²) in [7, 11) is 0. The predicted molar refractivity (Wildman–Crippen MR) is 72.2 cm³/mol. The molecule has 0 aliphatic carbocycles. The van der Waals surface area contributed by atoms with Crippen LogP contribution in [0.3, 0.4) is 0 Å². The number of carbonyl (C=O) groups excluding carboxylic acids is 1. The van der Waals surface area contributed by atoms with Gasteiger partial charge >= 0.3 is 0 Å². The van der Waals surface area contributed by atoms with Gasteiger partial charge in [-0.2, -0.15) is 0 Å². The van der Waals surface area contributed by atoms with Gasteiger partial charge in [-0.1, -0.05) is 23.7 Å². The van der Waals surface area contributed by atoms with Crippen LogP contribution in [0.5, 0.6) is 0 Å². The number of benzene rings is 1. The molecule has 0 saturated carbocycles. The molecule has 2 N–H and O–H groups in total. The van der Waals surface area contributed by atoms with Gasteiger partial charge in [-0.15, -0.1) is 0 Å². The van der Waals surface area contributed by atoms with E-state index in [1.54, 1.807) is 13.0 Å². The van der Waals surface area contributed by atoms with Gasteiger partial charge in [-0.05, 0) is 18.6 Å². The molecule has 104 valence electrons. The molecular formula is C13H11ClFN3O2. The first-order chi connectivity index (χ1) is 9.49. The number of carbonyl (C=O) groups is 1. The van der Waals surface area contributed by atoms with Gasteiger partial charge in [0.25, 0.3) is 11.5 Å². The van der Waals surface area contributed by atoms with E-state index >= 15 is 0 Å². The third-order valence-electron chi connectivity index (χ3n) is 2.64. The number of nitrogens with zero attached hydrogens (tertiary/aromatic N) is 1. The Hall–Kier alpha value is -2.21. The fourth-order valence-corrected chi connectivity index (χ4v) is 1.79. The number of aromatic nitrogens is 2. The van der Waals surface area contributed by atoms with E-state index in [0.717, 1.165) is 0 Å². The first kappa shape index (κ1) is 14.2. The topological polar surface area (TPSA) is 74.8 Å². The molecule has 1 amide bonds. The van der Waals surface area contributed by atoms with E-state index < -0.39 is 17.3 Å². The van der Waals surface area contributed by atoms with Crippen LogP contribution in [0.2, 0.25) is 5.02 Å². The zero-order valence-corrected chi connectivity index (χ0v) is 11.3. The Kier molecular flexibility index (Phi) is 4.14. The molecule has 5 nitrogen and oxygen atoms in total. The van der Waals surface area contributed by atoms with Crippen LogP contribution >= 0.6 is 11.6 Å². The highest BCUT2D eigenvalue weighted by atomic mass is 35.5. The second-order valence-electron chi connectivity index (χ2n) is 4.11. The van der Waals surface area contributed by atoms with E-state index in [9.17, 15) is 14.0 Å². The molecule has 2 rings (SSSR count). The Morgan fingerprint density at radius 3 is 2.95 bits per heavy atom. The molecule has 0 fully saturated rings. The lowest BCUT2D eigenvalue weighted by molar-refractivity contribution is 0.0949. The Bertz CT molecular complexity index is 715. The highest BCUT2D eigenvalue weighted by molar-refractivity contribution is 6.31. The molecule has 0 aliphatic heterocycles. The van der Waals surface area contributed by atoms with Crippen molar-refractivity contribution in [2.75, 3.05) is 0 Å². The summed E-state index contributed by atoms with van der Waals surface area (Å²) in [5.41, 5.74) is -0.208. The zero-order chi connectivity index (χ0) is 14.7. The normalized spacial score (nSPS) is 10.3. The standard InChI is InChI=1S/C13H11ClFN3O2/c1-7-16-6-9(13(20)18-7)12(19)17-5-8-3-2-4-10(15)11(8)14/h2-4,6H,5H2,1H3,(H,17,19)(H,16,18,20). The van der Waals surface area contributed by atoms with Gasteiger partial charge < -0.3 is 10.3 Å². The molecule has 0 atom stereocenters. The molecule has 0 unspecified atom stereocenters. The van der Waals surface area contributed by atoms with Gasteiger partial charge in [0.15, 0.2) is 0 Å². The number of hydrogen-bond acceptors (Lipinski definition) is 3. The lowest BCUT2D eigenvalue weighted by atomic mass is 10.2. The summed E-state index contributed by atoms with van der Waals surface area (Å²) >= 11 is 5.77. The van der Waals surface area contributed by atoms with Crippen molar-refractivity contribution in [3.8, 4) is 0 Å². The minimum atomic E-state index is -0.598. The lowest BCUT2D eigenvalue weighted by Gasteiger charge is -2.07. The maximum Gasteiger partial charge on any atom is 0.263 e. The first-order valence-electron chi connectivity index (χ1n) is 5.76. The molecule has 20 heavy (non-hydrogen) atoms. The van der Waals surface area contributed by atoms with E-state index in [1.165, 1.54) is 18.3 Å². The Morgan fingerprint density at radius 1 is 1.50 bits per heavy atom. The number of aryl methyl sites for hydroxylation is 1. The number of halogens is 2. The summed E-state index contributed by atoms with van der Waals surface area (Å²) in [5.74, 6) is -0.743. The summed E-state index contributed by atoms with van der Waals surface area (Å²) in [6.07, 6.45) is 1.19. The van der Waals surface area contributed by atoms with Gasteiger partial charge in [0.2, 0.25) is 0 Å². The van der Waals surface area contributed by atoms with Gasteiger partial charge in [0.1, 0.15) is 17.2 Å². The number of amides is 1. The van der Waals surface area contributed by atoms with Crippen molar-refractivity contribution in [1.29, 1.82) is 0 Å². The molecule has 7 heteroatoms. The van der Waals surface area contributed by atoms with E-state index in [2.05, 4.69) is 15.3 Å². The second-order valence-corrected chi connectivity index (χ2v) is 4.48. The van der Waals surface area contributed by atoms with Crippen LogP contribution in [-0.2, 0) is 6.54 Å². The predicted octanol–water partition coefficient (Wildman–Crippen LogP) is 1.80. The van der Waals surface area contributed by atoms with E-state index in [4.69, 9.17) is 11.6 Å². The molecule has 0 spiro atoms. The molecule has 0 radical (unpaired) electrons. The summed E-state index contributed by atoms with van der Waals surface area (Å²) in [6, 6.07) is 4.30. The van der Waals surface area contributed by atoms with Crippen LogP contribution in [-0.4, -0.2) is 15.9 Å².